The van der Waals surface area contributed by atoms with Gasteiger partial charge in [-0.3, -0.25) is 9.59 Å². The number of benzene rings is 1. The summed E-state index contributed by atoms with van der Waals surface area (Å²) in [4.78, 5) is 21.7. The third-order valence-corrected chi connectivity index (χ3v) is 2.91. The second-order valence-electron chi connectivity index (χ2n) is 4.43. The van der Waals surface area contributed by atoms with Crippen molar-refractivity contribution in [2.24, 2.45) is 11.7 Å². The number of carboxylic acid groups (broad SMARTS) is 2. The number of hydrogen-bond acceptors (Lipinski definition) is 4. The minimum atomic E-state index is -1.13. The Morgan fingerprint density at radius 3 is 2.11 bits per heavy atom. The molecule has 5 N–H and O–H groups in total. The Morgan fingerprint density at radius 1 is 1.05 bits per heavy atom. The van der Waals surface area contributed by atoms with E-state index in [0.717, 1.165) is 5.56 Å². The summed E-state index contributed by atoms with van der Waals surface area (Å²) in [7, 11) is 0. The van der Waals surface area contributed by atoms with Gasteiger partial charge in [0, 0.05) is 0 Å². The molecule has 0 saturated carbocycles. The van der Waals surface area contributed by atoms with E-state index in [0.29, 0.717) is 0 Å². The minimum Gasteiger partial charge on any atom is -0.508 e. The molecule has 0 aliphatic heterocycles. The van der Waals surface area contributed by atoms with Gasteiger partial charge in [-0.1, -0.05) is 12.1 Å². The molecule has 0 amide bonds. The molecule has 0 saturated heterocycles. The molecule has 0 aliphatic carbocycles. The first-order valence-corrected chi connectivity index (χ1v) is 5.89. The van der Waals surface area contributed by atoms with Crippen molar-refractivity contribution in [3.05, 3.63) is 29.8 Å². The summed E-state index contributed by atoms with van der Waals surface area (Å²) >= 11 is 0. The van der Waals surface area contributed by atoms with Crippen LogP contribution in [0.3, 0.4) is 0 Å². The number of nitrogens with two attached hydrogens (primary N) is 1. The lowest BCUT2D eigenvalue weighted by molar-refractivity contribution is -0.143. The van der Waals surface area contributed by atoms with Crippen molar-refractivity contribution in [1.82, 2.24) is 0 Å². The van der Waals surface area contributed by atoms with Crippen molar-refractivity contribution in [3.8, 4) is 5.75 Å². The Morgan fingerprint density at radius 2 is 1.63 bits per heavy atom. The predicted molar refractivity (Wildman–Crippen MR) is 67.8 cm³/mol. The van der Waals surface area contributed by atoms with E-state index in [9.17, 15) is 9.59 Å². The maximum Gasteiger partial charge on any atom is 0.320 e. The van der Waals surface area contributed by atoms with Crippen molar-refractivity contribution in [1.29, 1.82) is 0 Å². The SMILES string of the molecule is N[C@@H](CC[C@@H](Cc1ccc(O)cc1)C(=O)O)C(=O)O. The molecule has 6 heteroatoms. The van der Waals surface area contributed by atoms with Crippen molar-refractivity contribution in [3.63, 3.8) is 0 Å². The van der Waals surface area contributed by atoms with Crippen LogP contribution in [0.25, 0.3) is 0 Å². The quantitative estimate of drug-likeness (QED) is 0.580. The third kappa shape index (κ3) is 4.97. The summed E-state index contributed by atoms with van der Waals surface area (Å²) in [5, 5.41) is 26.9. The number of aliphatic carboxylic acids is 2. The molecule has 2 atom stereocenters. The molecule has 0 bridgehead atoms. The zero-order valence-corrected chi connectivity index (χ0v) is 10.3. The van der Waals surface area contributed by atoms with Gasteiger partial charge < -0.3 is 21.1 Å². The lowest BCUT2D eigenvalue weighted by atomic mass is 9.93. The molecule has 0 aromatic heterocycles. The average molecular weight is 267 g/mol. The highest BCUT2D eigenvalue weighted by atomic mass is 16.4. The fourth-order valence-corrected chi connectivity index (χ4v) is 1.73. The van der Waals surface area contributed by atoms with Crippen LogP contribution in [0.1, 0.15) is 18.4 Å². The second-order valence-corrected chi connectivity index (χ2v) is 4.43. The van der Waals surface area contributed by atoms with Crippen LogP contribution in [0, 0.1) is 5.92 Å². The van der Waals surface area contributed by atoms with E-state index in [1.54, 1.807) is 12.1 Å². The topological polar surface area (TPSA) is 121 Å². The highest BCUT2D eigenvalue weighted by molar-refractivity contribution is 5.73. The summed E-state index contributed by atoms with van der Waals surface area (Å²) in [6.07, 6.45) is 0.593. The number of carboxylic acids is 2. The largest absolute Gasteiger partial charge is 0.508 e. The van der Waals surface area contributed by atoms with Crippen LogP contribution >= 0.6 is 0 Å². The standard InChI is InChI=1S/C13H17NO5/c14-11(13(18)19)6-3-9(12(16)17)7-8-1-4-10(15)5-2-8/h1-2,4-5,9,11,15H,3,6-7,14H2,(H,16,17)(H,18,19)/t9-,11-/m0/s1. The Balaban J connectivity index is 2.60. The van der Waals surface area contributed by atoms with Gasteiger partial charge in [0.15, 0.2) is 0 Å². The first-order valence-electron chi connectivity index (χ1n) is 5.89. The van der Waals surface area contributed by atoms with E-state index < -0.39 is 23.9 Å². The van der Waals surface area contributed by atoms with Crippen LogP contribution in [-0.2, 0) is 16.0 Å². The predicted octanol–water partition coefficient (Wildman–Crippen LogP) is 0.828. The van der Waals surface area contributed by atoms with Gasteiger partial charge in [-0.25, -0.2) is 0 Å². The molecular weight excluding hydrogens is 250 g/mol. The number of rotatable bonds is 7. The van der Waals surface area contributed by atoms with Crippen molar-refractivity contribution >= 4 is 11.9 Å². The fourth-order valence-electron chi connectivity index (χ4n) is 1.73. The minimum absolute atomic E-state index is 0.114. The normalized spacial score (nSPS) is 13.7. The molecule has 0 aliphatic rings. The summed E-state index contributed by atoms with van der Waals surface area (Å²) in [6, 6.07) is 5.21. The fraction of sp³-hybridized carbons (Fsp3) is 0.385. The number of phenolic OH excluding ortho intramolecular Hbond substituents is 1. The van der Waals surface area contributed by atoms with Crippen molar-refractivity contribution < 1.29 is 24.9 Å². The lowest BCUT2D eigenvalue weighted by Crippen LogP contribution is -2.31. The third-order valence-electron chi connectivity index (χ3n) is 2.91. The van der Waals surface area contributed by atoms with Gasteiger partial charge in [0.2, 0.25) is 0 Å². The molecule has 1 rings (SSSR count). The maximum atomic E-state index is 11.1. The van der Waals surface area contributed by atoms with Crippen LogP contribution in [0.4, 0.5) is 0 Å². The van der Waals surface area contributed by atoms with Crippen molar-refractivity contribution in [2.75, 3.05) is 0 Å². The van der Waals surface area contributed by atoms with Crippen molar-refractivity contribution in [2.45, 2.75) is 25.3 Å². The van der Waals surface area contributed by atoms with Crippen LogP contribution in [0.2, 0.25) is 0 Å². The summed E-state index contributed by atoms with van der Waals surface area (Å²) in [5.41, 5.74) is 6.12. The van der Waals surface area contributed by atoms with Crippen LogP contribution in [-0.4, -0.2) is 33.3 Å². The monoisotopic (exact) mass is 267 g/mol. The number of hydrogen-bond donors (Lipinski definition) is 4. The molecule has 0 heterocycles. The van der Waals surface area contributed by atoms with Gasteiger partial charge in [-0.2, -0.15) is 0 Å². The van der Waals surface area contributed by atoms with E-state index in [2.05, 4.69) is 0 Å². The van der Waals surface area contributed by atoms with Gasteiger partial charge >= 0.3 is 11.9 Å². The first-order chi connectivity index (χ1) is 8.90. The van der Waals surface area contributed by atoms with E-state index in [-0.39, 0.29) is 25.0 Å². The molecule has 0 radical (unpaired) electrons. The summed E-state index contributed by atoms with van der Waals surface area (Å²) < 4.78 is 0. The Hall–Kier alpha value is -2.08. The Labute approximate surface area is 110 Å². The van der Waals surface area contributed by atoms with Crippen LogP contribution in [0.15, 0.2) is 24.3 Å². The smallest absolute Gasteiger partial charge is 0.320 e. The van der Waals surface area contributed by atoms with Gasteiger partial charge in [0.05, 0.1) is 5.92 Å². The lowest BCUT2D eigenvalue weighted by Gasteiger charge is -2.14. The van der Waals surface area contributed by atoms with Gasteiger partial charge in [0.25, 0.3) is 0 Å². The average Bonchev–Trinajstić information content (AvgIpc) is 2.35. The molecule has 0 spiro atoms. The van der Waals surface area contributed by atoms with E-state index in [4.69, 9.17) is 21.1 Å². The molecule has 104 valence electrons. The van der Waals surface area contributed by atoms with Gasteiger partial charge in [0.1, 0.15) is 11.8 Å². The number of phenols is 1. The Bertz CT molecular complexity index is 443. The summed E-state index contributed by atoms with van der Waals surface area (Å²) in [6.45, 7) is 0. The molecule has 6 nitrogen and oxygen atoms in total. The molecule has 0 fully saturated rings. The van der Waals surface area contributed by atoms with E-state index in [1.807, 2.05) is 0 Å². The van der Waals surface area contributed by atoms with Crippen LogP contribution in [0.5, 0.6) is 5.75 Å². The highest BCUT2D eigenvalue weighted by Gasteiger charge is 2.21. The van der Waals surface area contributed by atoms with E-state index in [1.165, 1.54) is 12.1 Å². The van der Waals surface area contributed by atoms with Crippen LogP contribution < -0.4 is 5.73 Å². The zero-order valence-electron chi connectivity index (χ0n) is 10.3. The van der Waals surface area contributed by atoms with E-state index >= 15 is 0 Å². The number of carbonyl (C=O) groups is 2. The Kier molecular flexibility index (Phi) is 5.32. The number of aromatic hydroxyl groups is 1. The molecule has 19 heavy (non-hydrogen) atoms. The highest BCUT2D eigenvalue weighted by Crippen LogP contribution is 2.18. The zero-order chi connectivity index (χ0) is 14.4. The molecule has 0 unspecified atom stereocenters. The van der Waals surface area contributed by atoms with Gasteiger partial charge in [-0.15, -0.1) is 0 Å². The maximum absolute atomic E-state index is 11.1. The first kappa shape index (κ1) is 15.0. The second kappa shape index (κ2) is 6.75. The van der Waals surface area contributed by atoms with Gasteiger partial charge in [-0.05, 0) is 37.0 Å². The molecule has 1 aromatic rings. The summed E-state index contributed by atoms with van der Waals surface area (Å²) in [5.74, 6) is -2.68. The molecular formula is C13H17NO5. The molecule has 1 aromatic carbocycles.